The van der Waals surface area contributed by atoms with Crippen molar-refractivity contribution in [3.63, 3.8) is 0 Å². The molecule has 1 fully saturated rings. The molecular weight excluding hydrogens is 262 g/mol. The Morgan fingerprint density at radius 3 is 2.58 bits per heavy atom. The molecule has 1 aliphatic carbocycles. The van der Waals surface area contributed by atoms with Gasteiger partial charge in [-0.25, -0.2) is 13.1 Å². The van der Waals surface area contributed by atoms with Crippen molar-refractivity contribution in [2.24, 2.45) is 5.92 Å². The van der Waals surface area contributed by atoms with E-state index in [-0.39, 0.29) is 0 Å². The molecule has 6 heteroatoms. The van der Waals surface area contributed by atoms with E-state index in [9.17, 15) is 8.42 Å². The maximum atomic E-state index is 12.2. The lowest BCUT2D eigenvalue weighted by atomic mass is 10.0. The molecule has 0 radical (unpaired) electrons. The molecule has 1 heterocycles. The summed E-state index contributed by atoms with van der Waals surface area (Å²) in [6.07, 6.45) is 7.35. The van der Waals surface area contributed by atoms with Crippen LogP contribution in [0.1, 0.15) is 49.9 Å². The van der Waals surface area contributed by atoms with Crippen molar-refractivity contribution in [3.8, 4) is 0 Å². The van der Waals surface area contributed by atoms with Gasteiger partial charge in [-0.3, -0.25) is 5.10 Å². The molecule has 1 aromatic heterocycles. The second kappa shape index (κ2) is 6.05. The Bertz CT molecular complexity index is 496. The average Bonchev–Trinajstić information content (AvgIpc) is 2.95. The topological polar surface area (TPSA) is 74.8 Å². The number of aryl methyl sites for hydroxylation is 2. The quantitative estimate of drug-likeness (QED) is 0.787. The van der Waals surface area contributed by atoms with Crippen LogP contribution in [0, 0.1) is 19.8 Å². The zero-order valence-electron chi connectivity index (χ0n) is 11.7. The van der Waals surface area contributed by atoms with Gasteiger partial charge in [0.05, 0.1) is 11.4 Å². The summed E-state index contributed by atoms with van der Waals surface area (Å²) in [4.78, 5) is 0.299. The monoisotopic (exact) mass is 285 g/mol. The molecule has 108 valence electrons. The predicted octanol–water partition coefficient (Wildman–Crippen LogP) is 2.28. The number of nitrogens with one attached hydrogen (secondary N) is 2. The number of rotatable bonds is 6. The molecular formula is C13H23N3O2S. The lowest BCUT2D eigenvalue weighted by molar-refractivity contribution is 0.480. The average molecular weight is 285 g/mol. The summed E-state index contributed by atoms with van der Waals surface area (Å²) in [7, 11) is -3.42. The number of hydrogen-bond acceptors (Lipinski definition) is 3. The van der Waals surface area contributed by atoms with E-state index in [0.717, 1.165) is 18.8 Å². The lowest BCUT2D eigenvalue weighted by Crippen LogP contribution is -2.26. The van der Waals surface area contributed by atoms with E-state index in [1.807, 2.05) is 0 Å². The van der Waals surface area contributed by atoms with E-state index >= 15 is 0 Å². The van der Waals surface area contributed by atoms with Crippen LogP contribution in [0.5, 0.6) is 0 Å². The molecule has 5 nitrogen and oxygen atoms in total. The maximum Gasteiger partial charge on any atom is 0.244 e. The van der Waals surface area contributed by atoms with Crippen LogP contribution in [0.3, 0.4) is 0 Å². The number of aromatic nitrogens is 2. The summed E-state index contributed by atoms with van der Waals surface area (Å²) in [6.45, 7) is 3.95. The molecule has 1 aliphatic rings. The highest BCUT2D eigenvalue weighted by atomic mass is 32.2. The van der Waals surface area contributed by atoms with E-state index in [2.05, 4.69) is 14.9 Å². The van der Waals surface area contributed by atoms with Crippen molar-refractivity contribution in [1.82, 2.24) is 14.9 Å². The second-order valence-corrected chi connectivity index (χ2v) is 7.16. The molecule has 19 heavy (non-hydrogen) atoms. The Morgan fingerprint density at radius 1 is 1.32 bits per heavy atom. The largest absolute Gasteiger partial charge is 0.281 e. The minimum absolute atomic E-state index is 0.299. The third-order valence-electron chi connectivity index (χ3n) is 3.89. The summed E-state index contributed by atoms with van der Waals surface area (Å²) >= 11 is 0. The fraction of sp³-hybridized carbons (Fsp3) is 0.769. The molecule has 0 amide bonds. The van der Waals surface area contributed by atoms with E-state index < -0.39 is 10.0 Å². The van der Waals surface area contributed by atoms with E-state index in [4.69, 9.17) is 0 Å². The maximum absolute atomic E-state index is 12.2. The van der Waals surface area contributed by atoms with E-state index in [1.165, 1.54) is 25.7 Å². The Labute approximate surface area is 115 Å². The van der Waals surface area contributed by atoms with Gasteiger partial charge in [-0.05, 0) is 32.6 Å². The number of H-pyrrole nitrogens is 1. The highest BCUT2D eigenvalue weighted by Crippen LogP contribution is 2.28. The fourth-order valence-electron chi connectivity index (χ4n) is 2.91. The molecule has 0 atom stereocenters. The SMILES string of the molecule is Cc1n[nH]c(C)c1S(=O)(=O)NCCCC1CCCC1. The summed E-state index contributed by atoms with van der Waals surface area (Å²) in [6, 6.07) is 0. The van der Waals surface area contributed by atoms with Crippen LogP contribution in [-0.4, -0.2) is 25.2 Å². The standard InChI is InChI=1S/C13H23N3O2S/c1-10-13(11(2)16-15-10)19(17,18)14-9-5-8-12-6-3-4-7-12/h12,14H,3-9H2,1-2H3,(H,15,16). The van der Waals surface area contributed by atoms with Crippen LogP contribution in [0.2, 0.25) is 0 Å². The Morgan fingerprint density at radius 2 is 2.00 bits per heavy atom. The minimum Gasteiger partial charge on any atom is -0.281 e. The van der Waals surface area contributed by atoms with Crippen molar-refractivity contribution in [1.29, 1.82) is 0 Å². The zero-order valence-corrected chi connectivity index (χ0v) is 12.5. The molecule has 0 bridgehead atoms. The van der Waals surface area contributed by atoms with Gasteiger partial charge in [0.25, 0.3) is 0 Å². The van der Waals surface area contributed by atoms with Gasteiger partial charge in [-0.2, -0.15) is 5.10 Å². The van der Waals surface area contributed by atoms with Crippen molar-refractivity contribution < 1.29 is 8.42 Å². The molecule has 2 N–H and O–H groups in total. The zero-order chi connectivity index (χ0) is 13.9. The molecule has 0 aromatic carbocycles. The van der Waals surface area contributed by atoms with Crippen LogP contribution in [-0.2, 0) is 10.0 Å². The Hall–Kier alpha value is -0.880. The smallest absolute Gasteiger partial charge is 0.244 e. The van der Waals surface area contributed by atoms with Gasteiger partial charge >= 0.3 is 0 Å². The van der Waals surface area contributed by atoms with Gasteiger partial charge < -0.3 is 0 Å². The molecule has 0 saturated heterocycles. The summed E-state index contributed by atoms with van der Waals surface area (Å²) < 4.78 is 27.0. The summed E-state index contributed by atoms with van der Waals surface area (Å²) in [5.41, 5.74) is 1.13. The molecule has 2 rings (SSSR count). The lowest BCUT2D eigenvalue weighted by Gasteiger charge is -2.10. The van der Waals surface area contributed by atoms with Gasteiger partial charge in [0.2, 0.25) is 10.0 Å². The minimum atomic E-state index is -3.42. The van der Waals surface area contributed by atoms with Crippen molar-refractivity contribution in [2.45, 2.75) is 57.3 Å². The molecule has 0 spiro atoms. The third kappa shape index (κ3) is 3.57. The van der Waals surface area contributed by atoms with Gasteiger partial charge in [0.15, 0.2) is 0 Å². The number of nitrogens with zero attached hydrogens (tertiary/aromatic N) is 1. The first-order chi connectivity index (χ1) is 9.00. The number of hydrogen-bond donors (Lipinski definition) is 2. The first kappa shape index (κ1) is 14.5. The third-order valence-corrected chi connectivity index (χ3v) is 5.61. The first-order valence-electron chi connectivity index (χ1n) is 7.02. The van der Waals surface area contributed by atoms with Crippen molar-refractivity contribution >= 4 is 10.0 Å². The fourth-order valence-corrected chi connectivity index (χ4v) is 4.35. The number of aromatic amines is 1. The van der Waals surface area contributed by atoms with Crippen LogP contribution in [0.4, 0.5) is 0 Å². The number of sulfonamides is 1. The Balaban J connectivity index is 1.84. The van der Waals surface area contributed by atoms with Gasteiger partial charge in [-0.15, -0.1) is 0 Å². The predicted molar refractivity (Wildman–Crippen MR) is 74.4 cm³/mol. The molecule has 0 unspecified atom stereocenters. The highest BCUT2D eigenvalue weighted by Gasteiger charge is 2.22. The molecule has 1 aromatic rings. The second-order valence-electron chi connectivity index (χ2n) is 5.45. The van der Waals surface area contributed by atoms with Crippen molar-refractivity contribution in [3.05, 3.63) is 11.4 Å². The van der Waals surface area contributed by atoms with Crippen LogP contribution in [0.25, 0.3) is 0 Å². The van der Waals surface area contributed by atoms with Gasteiger partial charge in [0, 0.05) is 6.54 Å². The van der Waals surface area contributed by atoms with E-state index in [1.54, 1.807) is 13.8 Å². The molecule has 1 saturated carbocycles. The summed E-state index contributed by atoms with van der Waals surface area (Å²) in [5.74, 6) is 0.807. The highest BCUT2D eigenvalue weighted by molar-refractivity contribution is 7.89. The summed E-state index contributed by atoms with van der Waals surface area (Å²) in [5, 5.41) is 6.64. The van der Waals surface area contributed by atoms with Crippen LogP contribution >= 0.6 is 0 Å². The normalized spacial score (nSPS) is 17.2. The van der Waals surface area contributed by atoms with Gasteiger partial charge in [0.1, 0.15) is 4.90 Å². The van der Waals surface area contributed by atoms with E-state index in [0.29, 0.717) is 22.8 Å². The molecule has 0 aliphatic heterocycles. The first-order valence-corrected chi connectivity index (χ1v) is 8.50. The Kier molecular flexibility index (Phi) is 4.62. The van der Waals surface area contributed by atoms with Gasteiger partial charge in [-0.1, -0.05) is 25.7 Å². The van der Waals surface area contributed by atoms with Crippen LogP contribution < -0.4 is 4.72 Å². The van der Waals surface area contributed by atoms with Crippen LogP contribution in [0.15, 0.2) is 4.90 Å². The van der Waals surface area contributed by atoms with Crippen molar-refractivity contribution in [2.75, 3.05) is 6.54 Å².